The second-order valence-electron chi connectivity index (χ2n) is 7.34. The van der Waals surface area contributed by atoms with E-state index in [0.717, 1.165) is 10.5 Å². The van der Waals surface area contributed by atoms with E-state index in [2.05, 4.69) is 0 Å². The number of halogens is 2. The Morgan fingerprint density at radius 3 is 2.39 bits per heavy atom. The smallest absolute Gasteiger partial charge is 0.251 e. The van der Waals surface area contributed by atoms with Crippen LogP contribution in [0.2, 0.25) is 5.02 Å². The van der Waals surface area contributed by atoms with Crippen LogP contribution in [0.4, 0.5) is 10.1 Å². The number of piperidine rings is 1. The summed E-state index contributed by atoms with van der Waals surface area (Å²) in [5.74, 6) is -1.17. The van der Waals surface area contributed by atoms with Gasteiger partial charge in [-0.05, 0) is 48.7 Å². The summed E-state index contributed by atoms with van der Waals surface area (Å²) in [5, 5.41) is 11.6. The number of hydrogen-bond acceptors (Lipinski definition) is 4. The minimum absolute atomic E-state index is 0.0642. The van der Waals surface area contributed by atoms with Crippen molar-refractivity contribution in [3.8, 4) is 0 Å². The van der Waals surface area contributed by atoms with Crippen molar-refractivity contribution in [3.63, 3.8) is 0 Å². The fourth-order valence-corrected chi connectivity index (χ4v) is 4.17. The molecule has 0 bridgehead atoms. The number of benzene rings is 2. The number of likely N-dealkylation sites (tertiary alicyclic amines) is 1. The highest BCUT2D eigenvalue weighted by Gasteiger charge is 2.45. The van der Waals surface area contributed by atoms with E-state index in [-0.39, 0.29) is 23.9 Å². The number of carbonyl (C=O) groups excluding carboxylic acids is 2. The van der Waals surface area contributed by atoms with Crippen molar-refractivity contribution >= 4 is 29.1 Å². The van der Waals surface area contributed by atoms with Gasteiger partial charge in [-0.2, -0.15) is 0 Å². The first kappa shape index (κ1) is 19.1. The molecule has 2 aliphatic rings. The molecule has 2 aliphatic heterocycles. The Bertz CT molecular complexity index is 910. The quantitative estimate of drug-likeness (QED) is 0.801. The Labute approximate surface area is 167 Å². The van der Waals surface area contributed by atoms with E-state index in [1.54, 1.807) is 18.2 Å². The molecule has 28 heavy (non-hydrogen) atoms. The molecule has 146 valence electrons. The zero-order valence-corrected chi connectivity index (χ0v) is 15.9. The lowest BCUT2D eigenvalue weighted by atomic mass is 9.84. The fraction of sp³-hybridized carbons (Fsp3) is 0.333. The Balaban J connectivity index is 1.47. The molecule has 1 N–H and O–H groups in total. The van der Waals surface area contributed by atoms with Gasteiger partial charge < -0.3 is 5.11 Å². The number of aliphatic hydroxyl groups is 1. The second kappa shape index (κ2) is 7.28. The lowest BCUT2D eigenvalue weighted by molar-refractivity contribution is -0.124. The number of hydrogen-bond donors (Lipinski definition) is 1. The van der Waals surface area contributed by atoms with E-state index in [1.807, 2.05) is 17.0 Å². The summed E-state index contributed by atoms with van der Waals surface area (Å²) in [7, 11) is 0. The molecule has 0 spiro atoms. The molecule has 2 amide bonds. The highest BCUT2D eigenvalue weighted by Crippen LogP contribution is 2.36. The summed E-state index contributed by atoms with van der Waals surface area (Å²) < 4.78 is 13.5. The number of amides is 2. The molecule has 0 unspecified atom stereocenters. The molecule has 4 rings (SSSR count). The summed E-state index contributed by atoms with van der Waals surface area (Å²) in [6.07, 6.45) is 0.966. The van der Waals surface area contributed by atoms with Crippen molar-refractivity contribution in [3.05, 3.63) is 64.9 Å². The molecule has 2 heterocycles. The zero-order chi connectivity index (χ0) is 19.9. The third-order valence-electron chi connectivity index (χ3n) is 5.64. The molecule has 2 saturated heterocycles. The van der Waals surface area contributed by atoms with Gasteiger partial charge in [0.15, 0.2) is 0 Å². The summed E-state index contributed by atoms with van der Waals surface area (Å²) in [5.41, 5.74) is 0.0774. The van der Waals surface area contributed by atoms with E-state index in [1.165, 1.54) is 18.2 Å². The molecule has 7 heteroatoms. The maximum atomic E-state index is 13.5. The molecule has 0 aromatic heterocycles. The standard InChI is InChI=1S/C21H20ClFN2O3/c22-15-6-4-14(5-7-15)21(28)8-10-24(11-9-21)18-13-19(26)25(20(18)27)17-3-1-2-16(23)12-17/h1-7,12,18,28H,8-11,13H2/t18-/m0/s1. The average molecular weight is 403 g/mol. The topological polar surface area (TPSA) is 60.9 Å². The largest absolute Gasteiger partial charge is 0.385 e. The van der Waals surface area contributed by atoms with E-state index in [9.17, 15) is 19.1 Å². The van der Waals surface area contributed by atoms with Gasteiger partial charge >= 0.3 is 0 Å². The van der Waals surface area contributed by atoms with Crippen LogP contribution in [0.1, 0.15) is 24.8 Å². The number of rotatable bonds is 3. The van der Waals surface area contributed by atoms with Gasteiger partial charge in [0.05, 0.1) is 23.8 Å². The SMILES string of the molecule is O=C1C[C@H](N2CCC(O)(c3ccc(Cl)cc3)CC2)C(=O)N1c1cccc(F)c1. The van der Waals surface area contributed by atoms with E-state index < -0.39 is 17.5 Å². The summed E-state index contributed by atoms with van der Waals surface area (Å²) in [6.45, 7) is 0.972. The van der Waals surface area contributed by atoms with Crippen LogP contribution in [0.5, 0.6) is 0 Å². The van der Waals surface area contributed by atoms with Crippen LogP contribution in [0.15, 0.2) is 48.5 Å². The Morgan fingerprint density at radius 2 is 1.75 bits per heavy atom. The molecule has 2 aromatic carbocycles. The van der Waals surface area contributed by atoms with E-state index in [4.69, 9.17) is 11.6 Å². The molecule has 2 fully saturated rings. The maximum absolute atomic E-state index is 13.5. The van der Waals surface area contributed by atoms with Gasteiger partial charge in [-0.3, -0.25) is 14.5 Å². The average Bonchev–Trinajstić information content (AvgIpc) is 2.97. The molecule has 0 radical (unpaired) electrons. The number of nitrogens with zero attached hydrogens (tertiary/aromatic N) is 2. The second-order valence-corrected chi connectivity index (χ2v) is 7.78. The first-order valence-electron chi connectivity index (χ1n) is 9.22. The Kier molecular flexibility index (Phi) is 4.95. The highest BCUT2D eigenvalue weighted by atomic mass is 35.5. The fourth-order valence-electron chi connectivity index (χ4n) is 4.04. The molecule has 0 saturated carbocycles. The number of carbonyl (C=O) groups is 2. The van der Waals surface area contributed by atoms with Crippen molar-refractivity contribution in [2.45, 2.75) is 30.9 Å². The normalized spacial score (nSPS) is 22.7. The van der Waals surface area contributed by atoms with Crippen LogP contribution >= 0.6 is 11.6 Å². The van der Waals surface area contributed by atoms with Gasteiger partial charge in [-0.15, -0.1) is 0 Å². The highest BCUT2D eigenvalue weighted by molar-refractivity contribution is 6.30. The van der Waals surface area contributed by atoms with Gasteiger partial charge in [0.1, 0.15) is 5.82 Å². The molecular formula is C21H20ClFN2O3. The first-order valence-corrected chi connectivity index (χ1v) is 9.60. The van der Waals surface area contributed by atoms with Crippen LogP contribution in [0.3, 0.4) is 0 Å². The third-order valence-corrected chi connectivity index (χ3v) is 5.89. The van der Waals surface area contributed by atoms with Crippen LogP contribution in [0.25, 0.3) is 0 Å². The number of imide groups is 1. The predicted octanol–water partition coefficient (Wildman–Crippen LogP) is 3.09. The van der Waals surface area contributed by atoms with Crippen LogP contribution in [0, 0.1) is 5.82 Å². The Hall–Kier alpha value is -2.28. The molecule has 2 aromatic rings. The zero-order valence-electron chi connectivity index (χ0n) is 15.1. The first-order chi connectivity index (χ1) is 13.4. The Morgan fingerprint density at radius 1 is 1.07 bits per heavy atom. The molecular weight excluding hydrogens is 383 g/mol. The lowest BCUT2D eigenvalue weighted by Crippen LogP contribution is -2.49. The van der Waals surface area contributed by atoms with Crippen molar-refractivity contribution in [2.75, 3.05) is 18.0 Å². The number of anilines is 1. The monoisotopic (exact) mass is 402 g/mol. The third kappa shape index (κ3) is 3.43. The minimum Gasteiger partial charge on any atom is -0.385 e. The molecule has 0 aliphatic carbocycles. The summed E-state index contributed by atoms with van der Waals surface area (Å²) in [6, 6.07) is 12.0. The molecule has 1 atom stereocenters. The van der Waals surface area contributed by atoms with Gasteiger partial charge in [-0.1, -0.05) is 29.8 Å². The van der Waals surface area contributed by atoms with Crippen LogP contribution in [-0.4, -0.2) is 41.0 Å². The predicted molar refractivity (Wildman–Crippen MR) is 103 cm³/mol. The van der Waals surface area contributed by atoms with E-state index in [0.29, 0.717) is 31.0 Å². The van der Waals surface area contributed by atoms with E-state index >= 15 is 0 Å². The van der Waals surface area contributed by atoms with Crippen molar-refractivity contribution < 1.29 is 19.1 Å². The minimum atomic E-state index is -0.977. The van der Waals surface area contributed by atoms with Crippen molar-refractivity contribution in [1.82, 2.24) is 4.90 Å². The van der Waals surface area contributed by atoms with Crippen molar-refractivity contribution in [2.24, 2.45) is 0 Å². The van der Waals surface area contributed by atoms with Gasteiger partial charge in [0.2, 0.25) is 5.91 Å². The van der Waals surface area contributed by atoms with Gasteiger partial charge in [-0.25, -0.2) is 9.29 Å². The van der Waals surface area contributed by atoms with Gasteiger partial charge in [0, 0.05) is 18.1 Å². The lowest BCUT2D eigenvalue weighted by Gasteiger charge is -2.40. The molecule has 5 nitrogen and oxygen atoms in total. The summed E-state index contributed by atoms with van der Waals surface area (Å²) >= 11 is 5.92. The van der Waals surface area contributed by atoms with Crippen LogP contribution in [-0.2, 0) is 15.2 Å². The van der Waals surface area contributed by atoms with Gasteiger partial charge in [0.25, 0.3) is 5.91 Å². The van der Waals surface area contributed by atoms with Crippen LogP contribution < -0.4 is 4.90 Å². The van der Waals surface area contributed by atoms with Crippen molar-refractivity contribution in [1.29, 1.82) is 0 Å². The maximum Gasteiger partial charge on any atom is 0.251 e. The summed E-state index contributed by atoms with van der Waals surface area (Å²) in [4.78, 5) is 28.3.